The zero-order valence-electron chi connectivity index (χ0n) is 21.2. The first-order valence-corrected chi connectivity index (χ1v) is 12.7. The third kappa shape index (κ3) is 3.51. The molecule has 2 saturated heterocycles. The van der Waals surface area contributed by atoms with Crippen LogP contribution in [0.3, 0.4) is 0 Å². The summed E-state index contributed by atoms with van der Waals surface area (Å²) in [6.07, 6.45) is 1.27. The minimum Gasteiger partial charge on any atom is -0.464 e. The first-order valence-electron chi connectivity index (χ1n) is 12.7. The first kappa shape index (κ1) is 23.2. The average molecular weight is 487 g/mol. The monoisotopic (exact) mass is 486 g/mol. The minimum absolute atomic E-state index is 0.634. The molecular weight excluding hydrogens is 456 g/mol. The van der Waals surface area contributed by atoms with E-state index < -0.39 is 16.6 Å². The number of hydrogen-bond acceptors (Lipinski definition) is 4. The van der Waals surface area contributed by atoms with E-state index in [9.17, 15) is 0 Å². The topological polar surface area (TPSA) is 43.2 Å². The molecule has 2 aliphatic heterocycles. The van der Waals surface area contributed by atoms with Crippen molar-refractivity contribution in [1.29, 1.82) is 0 Å². The quantitative estimate of drug-likeness (QED) is 0.320. The molecule has 6 rings (SSSR count). The number of aliphatic imine (C=N–C) groups is 2. The van der Waals surface area contributed by atoms with Crippen LogP contribution < -0.4 is 0 Å². The van der Waals surface area contributed by atoms with Gasteiger partial charge in [-0.05, 0) is 0 Å². The van der Waals surface area contributed by atoms with Gasteiger partial charge in [0.1, 0.15) is 5.41 Å². The zero-order chi connectivity index (χ0) is 25.3. The van der Waals surface area contributed by atoms with Gasteiger partial charge in [0.2, 0.25) is 11.8 Å². The maximum atomic E-state index is 6.99. The van der Waals surface area contributed by atoms with E-state index in [0.29, 0.717) is 24.6 Å². The van der Waals surface area contributed by atoms with Gasteiger partial charge in [-0.3, -0.25) is 9.98 Å². The van der Waals surface area contributed by atoms with Crippen LogP contribution in [0.5, 0.6) is 0 Å². The number of nitrogens with zero attached hydrogens (tertiary/aromatic N) is 2. The summed E-state index contributed by atoms with van der Waals surface area (Å²) in [6.45, 7) is 0. The van der Waals surface area contributed by atoms with Crippen LogP contribution in [0, 0.1) is 5.41 Å². The highest BCUT2D eigenvalue weighted by Crippen LogP contribution is 2.61. The van der Waals surface area contributed by atoms with Gasteiger partial charge in [-0.2, -0.15) is 0 Å². The van der Waals surface area contributed by atoms with E-state index in [4.69, 9.17) is 19.5 Å². The Morgan fingerprint density at radius 3 is 0.973 bits per heavy atom. The average Bonchev–Trinajstić information content (AvgIpc) is 3.51. The fourth-order valence-electron chi connectivity index (χ4n) is 6.23. The van der Waals surface area contributed by atoms with Crippen LogP contribution in [-0.4, -0.2) is 25.9 Å². The van der Waals surface area contributed by atoms with Crippen molar-refractivity contribution in [3.05, 3.63) is 144 Å². The molecule has 4 aromatic carbocycles. The van der Waals surface area contributed by atoms with Crippen molar-refractivity contribution in [2.24, 2.45) is 15.4 Å². The minimum atomic E-state index is -0.722. The van der Waals surface area contributed by atoms with Crippen molar-refractivity contribution in [2.45, 2.75) is 24.0 Å². The molecule has 0 atom stereocenters. The largest absolute Gasteiger partial charge is 0.464 e. The predicted molar refractivity (Wildman–Crippen MR) is 148 cm³/mol. The molecular formula is C33H30N2O2. The van der Waals surface area contributed by atoms with E-state index in [1.165, 1.54) is 0 Å². The summed E-state index contributed by atoms with van der Waals surface area (Å²) in [5.74, 6) is 1.32. The van der Waals surface area contributed by atoms with Gasteiger partial charge in [-0.1, -0.05) is 121 Å². The van der Waals surface area contributed by atoms with Gasteiger partial charge in [0, 0.05) is 49.2 Å². The van der Waals surface area contributed by atoms with E-state index in [-0.39, 0.29) is 0 Å². The lowest BCUT2D eigenvalue weighted by Crippen LogP contribution is -2.34. The molecule has 0 amide bonds. The highest BCUT2D eigenvalue weighted by molar-refractivity contribution is 6.09. The predicted octanol–water partition coefficient (Wildman–Crippen LogP) is 6.76. The number of rotatable bonds is 4. The van der Waals surface area contributed by atoms with Crippen LogP contribution in [0.2, 0.25) is 0 Å². The Hall–Kier alpha value is -4.18. The summed E-state index contributed by atoms with van der Waals surface area (Å²) >= 11 is 0. The van der Waals surface area contributed by atoms with Crippen molar-refractivity contribution in [3.8, 4) is 0 Å². The van der Waals surface area contributed by atoms with Crippen LogP contribution in [0.1, 0.15) is 35.1 Å². The molecule has 1 spiro atoms. The molecule has 0 unspecified atom stereocenters. The second kappa shape index (κ2) is 9.04. The maximum Gasteiger partial charge on any atom is 0.200 e. The fourth-order valence-corrected chi connectivity index (χ4v) is 6.23. The molecule has 0 bridgehead atoms. The number of benzene rings is 4. The Bertz CT molecular complexity index is 1240. The lowest BCUT2D eigenvalue weighted by Gasteiger charge is -2.31. The molecule has 0 aliphatic carbocycles. The smallest absolute Gasteiger partial charge is 0.200 e. The van der Waals surface area contributed by atoms with E-state index in [0.717, 1.165) is 22.3 Å². The van der Waals surface area contributed by atoms with Gasteiger partial charge >= 0.3 is 0 Å². The zero-order valence-corrected chi connectivity index (χ0v) is 21.2. The summed E-state index contributed by atoms with van der Waals surface area (Å²) in [7, 11) is 3.61. The van der Waals surface area contributed by atoms with Gasteiger partial charge in [-0.15, -0.1) is 0 Å². The molecule has 4 nitrogen and oxygen atoms in total. The third-order valence-corrected chi connectivity index (χ3v) is 7.83. The molecule has 0 aromatic heterocycles. The molecule has 4 heteroatoms. The van der Waals surface area contributed by atoms with Gasteiger partial charge in [0.25, 0.3) is 0 Å². The van der Waals surface area contributed by atoms with Gasteiger partial charge in [-0.25, -0.2) is 0 Å². The van der Waals surface area contributed by atoms with Crippen molar-refractivity contribution in [3.63, 3.8) is 0 Å². The maximum absolute atomic E-state index is 6.99. The van der Waals surface area contributed by atoms with Crippen molar-refractivity contribution in [1.82, 2.24) is 0 Å². The van der Waals surface area contributed by atoms with E-state index in [1.807, 2.05) is 38.4 Å². The normalized spacial score (nSPS) is 23.7. The highest BCUT2D eigenvalue weighted by Gasteiger charge is 2.67. The molecule has 0 N–H and O–H groups in total. The second-order valence-corrected chi connectivity index (χ2v) is 9.82. The van der Waals surface area contributed by atoms with E-state index in [2.05, 4.69) is 97.1 Å². The summed E-state index contributed by atoms with van der Waals surface area (Å²) in [5, 5.41) is 0. The molecule has 0 radical (unpaired) electrons. The summed E-state index contributed by atoms with van der Waals surface area (Å²) in [6, 6.07) is 41.8. The molecule has 4 aromatic rings. The van der Waals surface area contributed by atoms with Gasteiger partial charge in [0.05, 0.1) is 0 Å². The summed E-state index contributed by atoms with van der Waals surface area (Å²) < 4.78 is 14.0. The van der Waals surface area contributed by atoms with E-state index in [1.54, 1.807) is 0 Å². The van der Waals surface area contributed by atoms with Crippen molar-refractivity contribution >= 4 is 11.8 Å². The van der Waals surface area contributed by atoms with Crippen LogP contribution in [-0.2, 0) is 20.7 Å². The van der Waals surface area contributed by atoms with Crippen LogP contribution in [0.15, 0.2) is 131 Å². The molecule has 2 heterocycles. The van der Waals surface area contributed by atoms with Gasteiger partial charge < -0.3 is 9.47 Å². The van der Waals surface area contributed by atoms with Crippen LogP contribution in [0.4, 0.5) is 0 Å². The third-order valence-electron chi connectivity index (χ3n) is 7.83. The lowest BCUT2D eigenvalue weighted by atomic mass is 9.69. The number of hydrogen-bond donors (Lipinski definition) is 0. The molecule has 184 valence electrons. The SMILES string of the molecule is CN=C1OC(c2ccccc2)(c2ccccc2)CC12CC(c1ccccc1)(c1ccccc1)OC2=NC. The van der Waals surface area contributed by atoms with E-state index >= 15 is 0 Å². The molecule has 2 fully saturated rings. The first-order chi connectivity index (χ1) is 18.2. The Morgan fingerprint density at radius 1 is 0.459 bits per heavy atom. The van der Waals surface area contributed by atoms with Crippen molar-refractivity contribution < 1.29 is 9.47 Å². The fraction of sp³-hybridized carbons (Fsp3) is 0.212. The summed E-state index contributed by atoms with van der Waals surface area (Å²) in [4.78, 5) is 9.51. The Kier molecular flexibility index (Phi) is 5.68. The summed E-state index contributed by atoms with van der Waals surface area (Å²) in [5.41, 5.74) is 2.28. The highest BCUT2D eigenvalue weighted by atomic mass is 16.5. The molecule has 0 saturated carbocycles. The second-order valence-electron chi connectivity index (χ2n) is 9.82. The standard InChI is InChI=1S/C33H30N2O2/c1-34-29-31(23-32(36-29,25-15-7-3-8-16-25)26-17-9-4-10-18-26)24-33(37-30(31)35-2,27-19-11-5-12-20-27)28-21-13-6-14-22-28/h3-22H,23-24H2,1-2H3. The van der Waals surface area contributed by atoms with Crippen LogP contribution in [0.25, 0.3) is 0 Å². The Labute approximate surface area is 218 Å². The Morgan fingerprint density at radius 2 is 0.730 bits per heavy atom. The van der Waals surface area contributed by atoms with Crippen molar-refractivity contribution in [2.75, 3.05) is 14.1 Å². The number of ether oxygens (including phenoxy) is 2. The lowest BCUT2D eigenvalue weighted by molar-refractivity contribution is 0.116. The Balaban J connectivity index is 1.58. The van der Waals surface area contributed by atoms with Gasteiger partial charge in [0.15, 0.2) is 11.2 Å². The molecule has 2 aliphatic rings. The molecule has 37 heavy (non-hydrogen) atoms. The van der Waals surface area contributed by atoms with Crippen LogP contribution >= 0.6 is 0 Å².